The standard InChI is InChI=1S/C21H36N6.HI/c1-4-22-21(23-16-18(2)26-14-12-25(3)13-15-26)24-19-10-11-27(17-19)20-8-6-5-7-9-20;/h5-9,18-19H,4,10-17H2,1-3H3,(H2,22,23,24);1H. The molecular weight excluding hydrogens is 463 g/mol. The second kappa shape index (κ2) is 11.8. The van der Waals surface area contributed by atoms with Crippen molar-refractivity contribution in [3.8, 4) is 0 Å². The molecule has 0 spiro atoms. The summed E-state index contributed by atoms with van der Waals surface area (Å²) in [6, 6.07) is 11.6. The van der Waals surface area contributed by atoms with Gasteiger partial charge >= 0.3 is 0 Å². The Labute approximate surface area is 187 Å². The average molecular weight is 500 g/mol. The van der Waals surface area contributed by atoms with Gasteiger partial charge in [-0.25, -0.2) is 0 Å². The molecule has 3 rings (SSSR count). The third kappa shape index (κ3) is 6.77. The fraction of sp³-hybridized carbons (Fsp3) is 0.667. The maximum absolute atomic E-state index is 4.89. The topological polar surface area (TPSA) is 46.1 Å². The fourth-order valence-electron chi connectivity index (χ4n) is 3.87. The van der Waals surface area contributed by atoms with Gasteiger partial charge < -0.3 is 20.4 Å². The molecule has 1 aromatic rings. The van der Waals surface area contributed by atoms with Gasteiger partial charge in [0.15, 0.2) is 5.96 Å². The number of para-hydroxylation sites is 1. The van der Waals surface area contributed by atoms with Crippen molar-refractivity contribution in [3.05, 3.63) is 30.3 Å². The van der Waals surface area contributed by atoms with Gasteiger partial charge in [-0.2, -0.15) is 0 Å². The fourth-order valence-corrected chi connectivity index (χ4v) is 3.87. The summed E-state index contributed by atoms with van der Waals surface area (Å²) >= 11 is 0. The Morgan fingerprint density at radius 3 is 2.54 bits per heavy atom. The van der Waals surface area contributed by atoms with Gasteiger partial charge in [0, 0.05) is 63.6 Å². The Kier molecular flexibility index (Phi) is 9.81. The number of aliphatic imine (C=N–C) groups is 1. The van der Waals surface area contributed by atoms with E-state index in [-0.39, 0.29) is 24.0 Å². The highest BCUT2D eigenvalue weighted by Crippen LogP contribution is 2.19. The molecule has 158 valence electrons. The molecule has 28 heavy (non-hydrogen) atoms. The zero-order valence-corrected chi connectivity index (χ0v) is 19.9. The molecule has 2 N–H and O–H groups in total. The minimum absolute atomic E-state index is 0. The average Bonchev–Trinajstić information content (AvgIpc) is 3.16. The molecule has 0 saturated carbocycles. The molecule has 0 amide bonds. The van der Waals surface area contributed by atoms with Gasteiger partial charge in [-0.3, -0.25) is 9.89 Å². The van der Waals surface area contributed by atoms with Crippen molar-refractivity contribution in [2.45, 2.75) is 32.4 Å². The van der Waals surface area contributed by atoms with E-state index in [0.29, 0.717) is 12.1 Å². The monoisotopic (exact) mass is 500 g/mol. The highest BCUT2D eigenvalue weighted by molar-refractivity contribution is 14.0. The second-order valence-electron chi connectivity index (χ2n) is 7.82. The molecule has 2 fully saturated rings. The van der Waals surface area contributed by atoms with Gasteiger partial charge in [-0.1, -0.05) is 18.2 Å². The van der Waals surface area contributed by atoms with Crippen LogP contribution in [0.1, 0.15) is 20.3 Å². The molecule has 2 aliphatic rings. The smallest absolute Gasteiger partial charge is 0.191 e. The first-order valence-corrected chi connectivity index (χ1v) is 10.4. The van der Waals surface area contributed by atoms with Gasteiger partial charge in [0.25, 0.3) is 0 Å². The molecule has 2 saturated heterocycles. The highest BCUT2D eigenvalue weighted by Gasteiger charge is 2.24. The number of nitrogens with one attached hydrogen (secondary N) is 2. The van der Waals surface area contributed by atoms with Crippen LogP contribution in [0.15, 0.2) is 35.3 Å². The number of likely N-dealkylation sites (N-methyl/N-ethyl adjacent to an activating group) is 1. The molecule has 2 heterocycles. The van der Waals surface area contributed by atoms with E-state index in [9.17, 15) is 0 Å². The van der Waals surface area contributed by atoms with Crippen LogP contribution in [0.4, 0.5) is 5.69 Å². The first-order chi connectivity index (χ1) is 13.2. The Bertz CT molecular complexity index is 588. The van der Waals surface area contributed by atoms with E-state index in [1.165, 1.54) is 5.69 Å². The van der Waals surface area contributed by atoms with Crippen LogP contribution >= 0.6 is 24.0 Å². The minimum atomic E-state index is 0. The predicted molar refractivity (Wildman–Crippen MR) is 130 cm³/mol. The number of halogens is 1. The van der Waals surface area contributed by atoms with Crippen LogP contribution in [0.5, 0.6) is 0 Å². The zero-order valence-electron chi connectivity index (χ0n) is 17.6. The van der Waals surface area contributed by atoms with Crippen LogP contribution in [0.25, 0.3) is 0 Å². The van der Waals surface area contributed by atoms with Crippen molar-refractivity contribution >= 4 is 35.6 Å². The van der Waals surface area contributed by atoms with E-state index in [4.69, 9.17) is 4.99 Å². The highest BCUT2D eigenvalue weighted by atomic mass is 127. The van der Waals surface area contributed by atoms with E-state index in [1.807, 2.05) is 0 Å². The van der Waals surface area contributed by atoms with E-state index >= 15 is 0 Å². The van der Waals surface area contributed by atoms with Crippen LogP contribution in [0.3, 0.4) is 0 Å². The number of piperazine rings is 1. The molecule has 0 aromatic heterocycles. The normalized spacial score (nSPS) is 22.6. The van der Waals surface area contributed by atoms with Crippen LogP contribution in [-0.2, 0) is 0 Å². The summed E-state index contributed by atoms with van der Waals surface area (Å²) in [5.41, 5.74) is 1.31. The molecule has 0 aliphatic carbocycles. The molecule has 2 aliphatic heterocycles. The molecule has 2 unspecified atom stereocenters. The first-order valence-electron chi connectivity index (χ1n) is 10.4. The molecule has 0 radical (unpaired) electrons. The lowest BCUT2D eigenvalue weighted by atomic mass is 10.2. The number of rotatable bonds is 6. The molecule has 1 aromatic carbocycles. The van der Waals surface area contributed by atoms with Crippen molar-refractivity contribution in [3.63, 3.8) is 0 Å². The largest absolute Gasteiger partial charge is 0.369 e. The second-order valence-corrected chi connectivity index (χ2v) is 7.82. The number of anilines is 1. The SMILES string of the molecule is CCNC(=NCC(C)N1CCN(C)CC1)NC1CCN(c2ccccc2)C1.I. The number of hydrogen-bond acceptors (Lipinski definition) is 4. The third-order valence-electron chi connectivity index (χ3n) is 5.67. The van der Waals surface area contributed by atoms with Gasteiger partial charge in [0.05, 0.1) is 6.54 Å². The van der Waals surface area contributed by atoms with E-state index < -0.39 is 0 Å². The summed E-state index contributed by atoms with van der Waals surface area (Å²) in [6.45, 7) is 12.9. The Balaban J connectivity index is 0.00000280. The number of benzene rings is 1. The van der Waals surface area contributed by atoms with Crippen LogP contribution < -0.4 is 15.5 Å². The molecule has 6 nitrogen and oxygen atoms in total. The van der Waals surface area contributed by atoms with Crippen molar-refractivity contribution in [1.29, 1.82) is 0 Å². The van der Waals surface area contributed by atoms with Crippen LogP contribution in [0.2, 0.25) is 0 Å². The molecule has 2 atom stereocenters. The lowest BCUT2D eigenvalue weighted by Crippen LogP contribution is -2.49. The Morgan fingerprint density at radius 2 is 1.86 bits per heavy atom. The number of hydrogen-bond donors (Lipinski definition) is 2. The van der Waals surface area contributed by atoms with Crippen LogP contribution in [-0.4, -0.2) is 87.2 Å². The predicted octanol–water partition coefficient (Wildman–Crippen LogP) is 2.07. The maximum atomic E-state index is 4.89. The Morgan fingerprint density at radius 1 is 1.14 bits per heavy atom. The lowest BCUT2D eigenvalue weighted by molar-refractivity contribution is 0.122. The maximum Gasteiger partial charge on any atom is 0.191 e. The zero-order chi connectivity index (χ0) is 19.1. The van der Waals surface area contributed by atoms with Gasteiger partial charge in [-0.15, -0.1) is 24.0 Å². The van der Waals surface area contributed by atoms with Crippen molar-refractivity contribution in [1.82, 2.24) is 20.4 Å². The van der Waals surface area contributed by atoms with Gasteiger partial charge in [0.2, 0.25) is 0 Å². The molecular formula is C21H37IN6. The van der Waals surface area contributed by atoms with Gasteiger partial charge in [0.1, 0.15) is 0 Å². The first kappa shape index (κ1) is 23.2. The Hall–Kier alpha value is -1.06. The summed E-state index contributed by atoms with van der Waals surface area (Å²) in [6.07, 6.45) is 1.15. The molecule has 7 heteroatoms. The summed E-state index contributed by atoms with van der Waals surface area (Å²) in [4.78, 5) is 12.3. The number of nitrogens with zero attached hydrogens (tertiary/aromatic N) is 4. The summed E-state index contributed by atoms with van der Waals surface area (Å²) < 4.78 is 0. The third-order valence-corrected chi connectivity index (χ3v) is 5.67. The van der Waals surface area contributed by atoms with Gasteiger partial charge in [-0.05, 0) is 39.4 Å². The summed E-state index contributed by atoms with van der Waals surface area (Å²) in [5, 5.41) is 7.08. The van der Waals surface area contributed by atoms with Crippen LogP contribution in [0, 0.1) is 0 Å². The van der Waals surface area contributed by atoms with Crippen molar-refractivity contribution in [2.75, 3.05) is 64.3 Å². The summed E-state index contributed by atoms with van der Waals surface area (Å²) in [5.74, 6) is 0.957. The molecule has 0 bridgehead atoms. The van der Waals surface area contributed by atoms with E-state index in [1.54, 1.807) is 0 Å². The quantitative estimate of drug-likeness (QED) is 0.356. The minimum Gasteiger partial charge on any atom is -0.369 e. The lowest BCUT2D eigenvalue weighted by Gasteiger charge is -2.36. The van der Waals surface area contributed by atoms with Crippen molar-refractivity contribution in [2.24, 2.45) is 4.99 Å². The summed E-state index contributed by atoms with van der Waals surface area (Å²) in [7, 11) is 2.20. The van der Waals surface area contributed by atoms with E-state index in [0.717, 1.165) is 64.7 Å². The van der Waals surface area contributed by atoms with Crippen molar-refractivity contribution < 1.29 is 0 Å². The number of guanidine groups is 1. The van der Waals surface area contributed by atoms with E-state index in [2.05, 4.69) is 76.6 Å².